The Labute approximate surface area is 112 Å². The molecule has 0 bridgehead atoms. The van der Waals surface area contributed by atoms with E-state index in [1.807, 2.05) is 6.92 Å². The number of benzene rings is 1. The topological polar surface area (TPSA) is 32.3 Å². The monoisotopic (exact) mass is 269 g/mol. The maximum absolute atomic E-state index is 13.6. The first-order valence-electron chi connectivity index (χ1n) is 6.92. The highest BCUT2D eigenvalue weighted by Gasteiger charge is 2.20. The lowest BCUT2D eigenvalue weighted by atomic mass is 9.87. The zero-order valence-corrected chi connectivity index (χ0v) is 11.2. The summed E-state index contributed by atoms with van der Waals surface area (Å²) >= 11 is 0. The van der Waals surface area contributed by atoms with Gasteiger partial charge in [-0.25, -0.2) is 8.78 Å². The van der Waals surface area contributed by atoms with E-state index in [4.69, 9.17) is 0 Å². The van der Waals surface area contributed by atoms with E-state index in [0.717, 1.165) is 38.3 Å². The minimum atomic E-state index is -0.547. The van der Waals surface area contributed by atoms with Crippen LogP contribution in [0.15, 0.2) is 18.2 Å². The smallest absolute Gasteiger partial charge is 0.130 e. The lowest BCUT2D eigenvalue weighted by Crippen LogP contribution is -2.30. The standard InChI is InChI=1S/C15H21F2NO/c1-10(14-7-4-12(16)8-15(14)17)18-9-11-2-5-13(19)6-3-11/h4,7-8,10-11,13,18-19H,2-3,5-6,9H2,1H3. The molecule has 1 fully saturated rings. The number of rotatable bonds is 4. The SMILES string of the molecule is CC(NCC1CCC(O)CC1)c1ccc(F)cc1F. The second-order valence-electron chi connectivity index (χ2n) is 5.47. The molecule has 1 unspecified atom stereocenters. The highest BCUT2D eigenvalue weighted by Crippen LogP contribution is 2.25. The minimum Gasteiger partial charge on any atom is -0.393 e. The Morgan fingerprint density at radius 2 is 1.95 bits per heavy atom. The van der Waals surface area contributed by atoms with Gasteiger partial charge in [0, 0.05) is 17.7 Å². The molecular weight excluding hydrogens is 248 g/mol. The Hall–Kier alpha value is -1.00. The molecule has 1 aliphatic carbocycles. The summed E-state index contributed by atoms with van der Waals surface area (Å²) in [6.45, 7) is 2.69. The predicted molar refractivity (Wildman–Crippen MR) is 70.7 cm³/mol. The molecule has 0 heterocycles. The molecule has 19 heavy (non-hydrogen) atoms. The second-order valence-corrected chi connectivity index (χ2v) is 5.47. The first-order chi connectivity index (χ1) is 9.06. The van der Waals surface area contributed by atoms with E-state index >= 15 is 0 Å². The van der Waals surface area contributed by atoms with Gasteiger partial charge in [-0.05, 0) is 51.1 Å². The summed E-state index contributed by atoms with van der Waals surface area (Å²) in [7, 11) is 0. The highest BCUT2D eigenvalue weighted by atomic mass is 19.1. The quantitative estimate of drug-likeness (QED) is 0.880. The van der Waals surface area contributed by atoms with Crippen molar-refractivity contribution in [1.29, 1.82) is 0 Å². The summed E-state index contributed by atoms with van der Waals surface area (Å²) in [4.78, 5) is 0. The van der Waals surface area contributed by atoms with Gasteiger partial charge in [-0.15, -0.1) is 0 Å². The number of aliphatic hydroxyl groups excluding tert-OH is 1. The van der Waals surface area contributed by atoms with Crippen molar-refractivity contribution in [1.82, 2.24) is 5.32 Å². The molecule has 1 aromatic carbocycles. The average molecular weight is 269 g/mol. The Morgan fingerprint density at radius 3 is 2.58 bits per heavy atom. The van der Waals surface area contributed by atoms with Gasteiger partial charge in [0.1, 0.15) is 11.6 Å². The molecule has 2 N–H and O–H groups in total. The summed E-state index contributed by atoms with van der Waals surface area (Å²) < 4.78 is 26.4. The third-order valence-electron chi connectivity index (χ3n) is 3.96. The number of hydrogen-bond donors (Lipinski definition) is 2. The number of hydrogen-bond acceptors (Lipinski definition) is 2. The molecule has 4 heteroatoms. The van der Waals surface area contributed by atoms with Crippen molar-refractivity contribution in [2.75, 3.05) is 6.54 Å². The van der Waals surface area contributed by atoms with Crippen LogP contribution in [0, 0.1) is 17.6 Å². The van der Waals surface area contributed by atoms with Crippen LogP contribution in [0.3, 0.4) is 0 Å². The summed E-state index contributed by atoms with van der Waals surface area (Å²) in [6.07, 6.45) is 3.57. The zero-order chi connectivity index (χ0) is 13.8. The molecule has 0 saturated heterocycles. The summed E-state index contributed by atoms with van der Waals surface area (Å²) in [5.41, 5.74) is 0.497. The van der Waals surface area contributed by atoms with Gasteiger partial charge in [0.2, 0.25) is 0 Å². The van der Waals surface area contributed by atoms with Gasteiger partial charge in [-0.3, -0.25) is 0 Å². The molecule has 0 amide bonds. The zero-order valence-electron chi connectivity index (χ0n) is 11.2. The van der Waals surface area contributed by atoms with E-state index in [0.29, 0.717) is 11.5 Å². The number of halogens is 2. The average Bonchev–Trinajstić information content (AvgIpc) is 2.37. The lowest BCUT2D eigenvalue weighted by Gasteiger charge is -2.27. The third kappa shape index (κ3) is 3.98. The summed E-state index contributed by atoms with van der Waals surface area (Å²) in [5.74, 6) is -0.511. The molecule has 0 spiro atoms. The first-order valence-corrected chi connectivity index (χ1v) is 6.92. The van der Waals surface area contributed by atoms with Crippen molar-refractivity contribution in [3.8, 4) is 0 Å². The highest BCUT2D eigenvalue weighted by molar-refractivity contribution is 5.21. The van der Waals surface area contributed by atoms with E-state index < -0.39 is 11.6 Å². The van der Waals surface area contributed by atoms with Crippen LogP contribution in [0.5, 0.6) is 0 Å². The fourth-order valence-corrected chi connectivity index (χ4v) is 2.66. The molecule has 106 valence electrons. The van der Waals surface area contributed by atoms with E-state index in [-0.39, 0.29) is 12.1 Å². The summed E-state index contributed by atoms with van der Waals surface area (Å²) in [6, 6.07) is 3.57. The molecule has 1 aromatic rings. The molecule has 1 saturated carbocycles. The van der Waals surface area contributed by atoms with E-state index in [1.165, 1.54) is 12.1 Å². The fourth-order valence-electron chi connectivity index (χ4n) is 2.66. The van der Waals surface area contributed by atoms with Crippen molar-refractivity contribution in [3.05, 3.63) is 35.4 Å². The van der Waals surface area contributed by atoms with Crippen LogP contribution < -0.4 is 5.32 Å². The van der Waals surface area contributed by atoms with Gasteiger partial charge < -0.3 is 10.4 Å². The van der Waals surface area contributed by atoms with Gasteiger partial charge in [-0.1, -0.05) is 6.07 Å². The van der Waals surface area contributed by atoms with Crippen molar-refractivity contribution in [2.24, 2.45) is 5.92 Å². The van der Waals surface area contributed by atoms with Crippen LogP contribution in [0.2, 0.25) is 0 Å². The molecule has 2 nitrogen and oxygen atoms in total. The predicted octanol–water partition coefficient (Wildman–Crippen LogP) is 3.17. The molecular formula is C15H21F2NO. The second kappa shape index (κ2) is 6.44. The van der Waals surface area contributed by atoms with Crippen LogP contribution in [0.4, 0.5) is 8.78 Å². The van der Waals surface area contributed by atoms with Crippen LogP contribution in [0.25, 0.3) is 0 Å². The van der Waals surface area contributed by atoms with E-state index in [2.05, 4.69) is 5.32 Å². The Balaban J connectivity index is 1.85. The van der Waals surface area contributed by atoms with Crippen molar-refractivity contribution >= 4 is 0 Å². The molecule has 0 aliphatic heterocycles. The molecule has 0 radical (unpaired) electrons. The number of aliphatic hydroxyl groups is 1. The largest absolute Gasteiger partial charge is 0.393 e. The lowest BCUT2D eigenvalue weighted by molar-refractivity contribution is 0.107. The first kappa shape index (κ1) is 14.4. The normalized spacial score (nSPS) is 25.3. The van der Waals surface area contributed by atoms with Gasteiger partial charge in [0.15, 0.2) is 0 Å². The Morgan fingerprint density at radius 1 is 1.26 bits per heavy atom. The molecule has 0 aromatic heterocycles. The molecule has 2 rings (SSSR count). The third-order valence-corrected chi connectivity index (χ3v) is 3.96. The van der Waals surface area contributed by atoms with Gasteiger partial charge in [0.25, 0.3) is 0 Å². The van der Waals surface area contributed by atoms with Crippen LogP contribution in [-0.4, -0.2) is 17.8 Å². The van der Waals surface area contributed by atoms with Crippen LogP contribution in [0.1, 0.15) is 44.2 Å². The molecule has 1 atom stereocenters. The van der Waals surface area contributed by atoms with Crippen molar-refractivity contribution in [3.63, 3.8) is 0 Å². The van der Waals surface area contributed by atoms with E-state index in [9.17, 15) is 13.9 Å². The van der Waals surface area contributed by atoms with Crippen molar-refractivity contribution in [2.45, 2.75) is 44.8 Å². The van der Waals surface area contributed by atoms with Crippen LogP contribution >= 0.6 is 0 Å². The fraction of sp³-hybridized carbons (Fsp3) is 0.600. The molecule has 1 aliphatic rings. The van der Waals surface area contributed by atoms with Gasteiger partial charge >= 0.3 is 0 Å². The van der Waals surface area contributed by atoms with Gasteiger partial charge in [0.05, 0.1) is 6.10 Å². The van der Waals surface area contributed by atoms with Crippen molar-refractivity contribution < 1.29 is 13.9 Å². The summed E-state index contributed by atoms with van der Waals surface area (Å²) in [5, 5.41) is 12.7. The maximum atomic E-state index is 13.6. The minimum absolute atomic E-state index is 0.132. The number of nitrogens with one attached hydrogen (secondary N) is 1. The maximum Gasteiger partial charge on any atom is 0.130 e. The Bertz CT molecular complexity index is 417. The Kier molecular flexibility index (Phi) is 4.88. The van der Waals surface area contributed by atoms with Crippen LogP contribution in [-0.2, 0) is 0 Å². The van der Waals surface area contributed by atoms with E-state index in [1.54, 1.807) is 0 Å². The van der Waals surface area contributed by atoms with Gasteiger partial charge in [-0.2, -0.15) is 0 Å².